The van der Waals surface area contributed by atoms with E-state index in [1.807, 2.05) is 20.8 Å². The number of hydrogen-bond donors (Lipinski definition) is 2. The van der Waals surface area contributed by atoms with Crippen molar-refractivity contribution < 1.29 is 36.3 Å². The molecule has 0 bridgehead atoms. The number of alkyl halides is 3. The van der Waals surface area contributed by atoms with Gasteiger partial charge in [-0.15, -0.1) is 0 Å². The largest absolute Gasteiger partial charge is 0.530 e. The second-order valence-corrected chi connectivity index (χ2v) is 12.1. The van der Waals surface area contributed by atoms with E-state index in [0.717, 1.165) is 24.3 Å². The van der Waals surface area contributed by atoms with Crippen molar-refractivity contribution in [3.63, 3.8) is 0 Å². The van der Waals surface area contributed by atoms with Gasteiger partial charge in [-0.25, -0.2) is 8.42 Å². The van der Waals surface area contributed by atoms with Gasteiger partial charge >= 0.3 is 6.18 Å². The molecule has 2 fully saturated rings. The minimum absolute atomic E-state index is 0.00955. The first-order valence-electron chi connectivity index (χ1n) is 11.0. The van der Waals surface area contributed by atoms with Gasteiger partial charge in [0.05, 0.1) is 10.5 Å². The Balaban J connectivity index is 1.69. The summed E-state index contributed by atoms with van der Waals surface area (Å²) in [6.07, 6.45) is -4.56. The first-order chi connectivity index (χ1) is 15.6. The fourth-order valence-electron chi connectivity index (χ4n) is 4.81. The predicted octanol–water partition coefficient (Wildman–Crippen LogP) is 1.96. The maximum Gasteiger partial charge on any atom is 0.416 e. The molecule has 4 atom stereocenters. The topological polar surface area (TPSA) is 119 Å². The number of benzene rings is 1. The van der Waals surface area contributed by atoms with Crippen molar-refractivity contribution in [3.05, 3.63) is 29.8 Å². The number of nitrogens with one attached hydrogen (secondary N) is 2. The van der Waals surface area contributed by atoms with Crippen molar-refractivity contribution in [2.45, 2.75) is 63.2 Å². The van der Waals surface area contributed by atoms with Crippen molar-refractivity contribution in [3.8, 4) is 0 Å². The van der Waals surface area contributed by atoms with E-state index in [1.165, 1.54) is 4.31 Å². The molecule has 2 amide bonds. The summed E-state index contributed by atoms with van der Waals surface area (Å²) in [4.78, 5) is 23.7. The van der Waals surface area contributed by atoms with Crippen LogP contribution in [0.3, 0.4) is 0 Å². The maximum absolute atomic E-state index is 13.0. The standard InChI is InChI=1S/C22H30F3N3O5S/c1-21(2,3)10-18(27-20(30)31)19(29)26-17-9-4-13-11-28(12-16(13)17)34(32,33)15-7-5-14(6-8-15)22(23,24)25/h5-8,13,16-18,27H,4,9-12H2,1-3H3,(H,26,29)(H,30,31)/p-1/t13-,16+,17+,18+/m1/s1. The molecule has 2 aliphatic rings. The Morgan fingerprint density at radius 2 is 1.74 bits per heavy atom. The van der Waals surface area contributed by atoms with Gasteiger partial charge in [-0.3, -0.25) is 4.79 Å². The third-order valence-electron chi connectivity index (χ3n) is 6.40. The second-order valence-electron chi connectivity index (χ2n) is 10.2. The molecule has 12 heteroatoms. The Labute approximate surface area is 196 Å². The van der Waals surface area contributed by atoms with Gasteiger partial charge in [-0.2, -0.15) is 17.5 Å². The zero-order valence-electron chi connectivity index (χ0n) is 19.2. The molecule has 2 N–H and O–H groups in total. The number of carboxylic acid groups (broad SMARTS) is 1. The molecule has 8 nitrogen and oxygen atoms in total. The molecule has 1 saturated carbocycles. The fraction of sp³-hybridized carbons (Fsp3) is 0.636. The number of carbonyl (C=O) groups excluding carboxylic acids is 2. The second kappa shape index (κ2) is 9.37. The lowest BCUT2D eigenvalue weighted by molar-refractivity contribution is -0.251. The molecule has 1 aromatic carbocycles. The predicted molar refractivity (Wildman–Crippen MR) is 115 cm³/mol. The number of sulfonamides is 1. The quantitative estimate of drug-likeness (QED) is 0.614. The zero-order chi connectivity index (χ0) is 25.5. The normalized spacial score (nSPS) is 24.5. The smallest absolute Gasteiger partial charge is 0.416 e. The van der Waals surface area contributed by atoms with Gasteiger partial charge in [0.15, 0.2) is 0 Å². The number of hydrogen-bond acceptors (Lipinski definition) is 5. The number of halogens is 3. The maximum atomic E-state index is 13.0. The van der Waals surface area contributed by atoms with Crippen LogP contribution in [0.4, 0.5) is 18.0 Å². The van der Waals surface area contributed by atoms with Gasteiger partial charge in [0.1, 0.15) is 12.1 Å². The van der Waals surface area contributed by atoms with Crippen molar-refractivity contribution in [2.75, 3.05) is 13.1 Å². The van der Waals surface area contributed by atoms with Crippen LogP contribution in [0.25, 0.3) is 0 Å². The summed E-state index contributed by atoms with van der Waals surface area (Å²) in [5.74, 6) is -0.676. The van der Waals surface area contributed by atoms with Crippen LogP contribution in [0.2, 0.25) is 0 Å². The van der Waals surface area contributed by atoms with Gasteiger partial charge < -0.3 is 20.5 Å². The SMILES string of the molecule is CC(C)(C)C[C@H](NC(=O)[O-])C(=O)N[C@H]1CC[C@@H]2CN(S(=O)(=O)c3ccc(C(F)(F)F)cc3)C[C@@H]21. The first kappa shape index (κ1) is 26.3. The molecule has 0 unspecified atom stereocenters. The van der Waals surface area contributed by atoms with Crippen LogP contribution in [-0.4, -0.2) is 49.9 Å². The van der Waals surface area contributed by atoms with E-state index in [0.29, 0.717) is 12.8 Å². The average Bonchev–Trinajstić information content (AvgIpc) is 3.28. The molecule has 1 aliphatic heterocycles. The van der Waals surface area contributed by atoms with Crippen LogP contribution in [0.5, 0.6) is 0 Å². The van der Waals surface area contributed by atoms with Gasteiger partial charge in [-0.05, 0) is 60.8 Å². The zero-order valence-corrected chi connectivity index (χ0v) is 20.0. The van der Waals surface area contributed by atoms with Crippen molar-refractivity contribution in [1.82, 2.24) is 14.9 Å². The number of amides is 2. The van der Waals surface area contributed by atoms with Crippen LogP contribution in [-0.2, 0) is 21.0 Å². The fourth-order valence-corrected chi connectivity index (χ4v) is 6.35. The van der Waals surface area contributed by atoms with E-state index in [-0.39, 0.29) is 47.7 Å². The monoisotopic (exact) mass is 504 g/mol. The highest BCUT2D eigenvalue weighted by atomic mass is 32.2. The molecular weight excluding hydrogens is 475 g/mol. The highest BCUT2D eigenvalue weighted by Gasteiger charge is 2.47. The number of fused-ring (bicyclic) bond motifs is 1. The number of carbonyl (C=O) groups is 2. The summed E-state index contributed by atoms with van der Waals surface area (Å²) >= 11 is 0. The molecule has 0 radical (unpaired) electrons. The van der Waals surface area contributed by atoms with Crippen molar-refractivity contribution in [2.24, 2.45) is 17.3 Å². The van der Waals surface area contributed by atoms with Crippen LogP contribution in [0.15, 0.2) is 29.2 Å². The highest BCUT2D eigenvalue weighted by Crippen LogP contribution is 2.40. The molecule has 1 heterocycles. The lowest BCUT2D eigenvalue weighted by Gasteiger charge is -2.29. The van der Waals surface area contributed by atoms with Crippen molar-refractivity contribution in [1.29, 1.82) is 0 Å². The first-order valence-corrected chi connectivity index (χ1v) is 12.5. The van der Waals surface area contributed by atoms with E-state index in [2.05, 4.69) is 10.6 Å². The highest BCUT2D eigenvalue weighted by molar-refractivity contribution is 7.89. The van der Waals surface area contributed by atoms with Crippen LogP contribution in [0, 0.1) is 17.3 Å². The van der Waals surface area contributed by atoms with Gasteiger partial charge in [0.2, 0.25) is 15.9 Å². The molecule has 1 aliphatic carbocycles. The van der Waals surface area contributed by atoms with Gasteiger partial charge in [0, 0.05) is 19.1 Å². The summed E-state index contributed by atoms with van der Waals surface area (Å²) < 4.78 is 65.7. The molecular formula is C22H29F3N3O5S-. The number of nitrogens with zero attached hydrogens (tertiary/aromatic N) is 1. The number of rotatable bonds is 6. The Hall–Kier alpha value is -2.34. The van der Waals surface area contributed by atoms with Crippen LogP contribution in [0.1, 0.15) is 45.6 Å². The van der Waals surface area contributed by atoms with Crippen molar-refractivity contribution >= 4 is 22.0 Å². The van der Waals surface area contributed by atoms with Gasteiger partial charge in [0.25, 0.3) is 0 Å². The van der Waals surface area contributed by atoms with Gasteiger partial charge in [-0.1, -0.05) is 20.8 Å². The van der Waals surface area contributed by atoms with E-state index in [9.17, 15) is 36.3 Å². The third kappa shape index (κ3) is 6.01. The lowest BCUT2D eigenvalue weighted by Crippen LogP contribution is -2.54. The minimum Gasteiger partial charge on any atom is -0.530 e. The summed E-state index contributed by atoms with van der Waals surface area (Å²) in [7, 11) is -4.00. The van der Waals surface area contributed by atoms with E-state index in [4.69, 9.17) is 0 Å². The molecule has 0 spiro atoms. The Bertz CT molecular complexity index is 1020. The Kier molecular flexibility index (Phi) is 7.24. The molecule has 1 saturated heterocycles. The lowest BCUT2D eigenvalue weighted by atomic mass is 9.87. The minimum atomic E-state index is -4.56. The third-order valence-corrected chi connectivity index (χ3v) is 8.24. The summed E-state index contributed by atoms with van der Waals surface area (Å²) in [6, 6.07) is 2.05. The average molecular weight is 505 g/mol. The van der Waals surface area contributed by atoms with Crippen LogP contribution < -0.4 is 15.7 Å². The van der Waals surface area contributed by atoms with E-state index >= 15 is 0 Å². The molecule has 3 rings (SSSR count). The molecule has 190 valence electrons. The van der Waals surface area contributed by atoms with Crippen LogP contribution >= 0.6 is 0 Å². The van der Waals surface area contributed by atoms with E-state index < -0.39 is 39.8 Å². The summed E-state index contributed by atoms with van der Waals surface area (Å²) in [5.41, 5.74) is -1.26. The Morgan fingerprint density at radius 1 is 1.12 bits per heavy atom. The molecule has 34 heavy (non-hydrogen) atoms. The summed E-state index contributed by atoms with van der Waals surface area (Å²) in [6.45, 7) is 5.95. The Morgan fingerprint density at radius 3 is 2.26 bits per heavy atom. The van der Waals surface area contributed by atoms with E-state index in [1.54, 1.807) is 0 Å². The molecule has 0 aromatic heterocycles. The summed E-state index contributed by atoms with van der Waals surface area (Å²) in [5, 5.41) is 16.1. The molecule has 1 aromatic rings.